The van der Waals surface area contributed by atoms with Gasteiger partial charge < -0.3 is 4.74 Å². The summed E-state index contributed by atoms with van der Waals surface area (Å²) in [4.78, 5) is -0.923. The van der Waals surface area contributed by atoms with Crippen molar-refractivity contribution in [3.05, 3.63) is 41.7 Å². The highest BCUT2D eigenvalue weighted by Gasteiger charge is 2.22. The first-order chi connectivity index (χ1) is 9.82. The van der Waals surface area contributed by atoms with Gasteiger partial charge in [-0.3, -0.25) is 4.68 Å². The summed E-state index contributed by atoms with van der Waals surface area (Å²) in [6.45, 7) is 2.55. The third kappa shape index (κ3) is 3.51. The molecule has 0 bridgehead atoms. The molecule has 1 heterocycles. The number of aryl methyl sites for hydroxylation is 1. The molecular weight excluding hydrogens is 326 g/mol. The van der Waals surface area contributed by atoms with Crippen LogP contribution in [0.5, 0.6) is 5.75 Å². The molecule has 0 saturated heterocycles. The molecule has 0 saturated carbocycles. The maximum absolute atomic E-state index is 13.7. The van der Waals surface area contributed by atoms with E-state index in [1.807, 2.05) is 6.92 Å². The topological polar surface area (TPSA) is 61.2 Å². The van der Waals surface area contributed by atoms with E-state index in [2.05, 4.69) is 5.10 Å². The molecule has 0 atom stereocenters. The number of rotatable bonds is 5. The van der Waals surface area contributed by atoms with Crippen molar-refractivity contribution in [2.24, 2.45) is 0 Å². The Balaban J connectivity index is 2.20. The first-order valence-corrected chi connectivity index (χ1v) is 8.20. The molecule has 1 aromatic heterocycles. The molecule has 0 unspecified atom stereocenters. The van der Waals surface area contributed by atoms with E-state index < -0.39 is 31.3 Å². The van der Waals surface area contributed by atoms with Crippen molar-refractivity contribution in [3.63, 3.8) is 0 Å². The predicted octanol–water partition coefficient (Wildman–Crippen LogP) is 2.69. The zero-order valence-electron chi connectivity index (χ0n) is 10.9. The third-order valence-corrected chi connectivity index (χ3v) is 4.02. The van der Waals surface area contributed by atoms with Crippen molar-refractivity contribution in [2.75, 3.05) is 0 Å². The van der Waals surface area contributed by atoms with E-state index in [-0.39, 0.29) is 6.61 Å². The standard InChI is InChI=1S/C12H11ClF2N2O3S/c1-2-17-6-8(5-16-17)7-20-9-3-4-10(21(13,18)19)12(15)11(9)14/h3-6H,2,7H2,1H3. The first-order valence-electron chi connectivity index (χ1n) is 5.89. The van der Waals surface area contributed by atoms with E-state index in [4.69, 9.17) is 15.4 Å². The van der Waals surface area contributed by atoms with Gasteiger partial charge in [-0.1, -0.05) is 0 Å². The van der Waals surface area contributed by atoms with Crippen molar-refractivity contribution in [1.82, 2.24) is 9.78 Å². The second kappa shape index (κ2) is 5.98. The Morgan fingerprint density at radius 1 is 1.33 bits per heavy atom. The van der Waals surface area contributed by atoms with Crippen LogP contribution in [0.25, 0.3) is 0 Å². The van der Waals surface area contributed by atoms with E-state index in [1.165, 1.54) is 6.20 Å². The van der Waals surface area contributed by atoms with Gasteiger partial charge in [0.1, 0.15) is 11.5 Å². The van der Waals surface area contributed by atoms with Crippen LogP contribution in [0.1, 0.15) is 12.5 Å². The molecule has 2 rings (SSSR count). The van der Waals surface area contributed by atoms with Crippen LogP contribution in [0.4, 0.5) is 8.78 Å². The minimum absolute atomic E-state index is 0.0245. The van der Waals surface area contributed by atoms with Gasteiger partial charge in [0.25, 0.3) is 9.05 Å². The lowest BCUT2D eigenvalue weighted by Gasteiger charge is -2.08. The summed E-state index contributed by atoms with van der Waals surface area (Å²) in [5.41, 5.74) is 0.672. The van der Waals surface area contributed by atoms with Crippen LogP contribution < -0.4 is 4.74 Å². The summed E-state index contributed by atoms with van der Waals surface area (Å²) in [6, 6.07) is 1.86. The molecule has 114 valence electrons. The highest BCUT2D eigenvalue weighted by atomic mass is 35.7. The Bertz CT molecular complexity index is 762. The van der Waals surface area contributed by atoms with E-state index in [0.717, 1.165) is 12.1 Å². The van der Waals surface area contributed by atoms with Crippen LogP contribution >= 0.6 is 10.7 Å². The number of halogens is 3. The van der Waals surface area contributed by atoms with E-state index in [0.29, 0.717) is 12.1 Å². The van der Waals surface area contributed by atoms with Crippen LogP contribution in [0.15, 0.2) is 29.4 Å². The lowest BCUT2D eigenvalue weighted by molar-refractivity contribution is 0.283. The van der Waals surface area contributed by atoms with Crippen LogP contribution in [0.2, 0.25) is 0 Å². The Morgan fingerprint density at radius 3 is 2.62 bits per heavy atom. The monoisotopic (exact) mass is 336 g/mol. The highest BCUT2D eigenvalue weighted by molar-refractivity contribution is 8.13. The zero-order chi connectivity index (χ0) is 15.6. The van der Waals surface area contributed by atoms with Gasteiger partial charge in [0.05, 0.1) is 6.20 Å². The van der Waals surface area contributed by atoms with Gasteiger partial charge in [0.15, 0.2) is 11.6 Å². The number of ether oxygens (including phenoxy) is 1. The van der Waals surface area contributed by atoms with Gasteiger partial charge in [-0.05, 0) is 19.1 Å². The summed E-state index contributed by atoms with van der Waals surface area (Å²) in [5, 5.41) is 4.01. The summed E-state index contributed by atoms with van der Waals surface area (Å²) >= 11 is 0. The summed E-state index contributed by atoms with van der Waals surface area (Å²) in [5.74, 6) is -3.37. The SMILES string of the molecule is CCn1cc(COc2ccc(S(=O)(=O)Cl)c(F)c2F)cn1. The van der Waals surface area contributed by atoms with Crippen LogP contribution in [-0.2, 0) is 22.2 Å². The third-order valence-electron chi connectivity index (χ3n) is 2.68. The molecule has 0 aliphatic heterocycles. The van der Waals surface area contributed by atoms with Crippen molar-refractivity contribution in [1.29, 1.82) is 0 Å². The molecule has 0 spiro atoms. The normalized spacial score (nSPS) is 11.6. The molecule has 5 nitrogen and oxygen atoms in total. The lowest BCUT2D eigenvalue weighted by Crippen LogP contribution is -2.03. The van der Waals surface area contributed by atoms with Crippen LogP contribution in [-0.4, -0.2) is 18.2 Å². The fourth-order valence-corrected chi connectivity index (χ4v) is 2.52. The molecule has 2 aromatic rings. The molecule has 0 radical (unpaired) electrons. The van der Waals surface area contributed by atoms with Crippen LogP contribution in [0.3, 0.4) is 0 Å². The fraction of sp³-hybridized carbons (Fsp3) is 0.250. The largest absolute Gasteiger partial charge is 0.486 e. The molecule has 0 aliphatic rings. The molecule has 0 N–H and O–H groups in total. The summed E-state index contributed by atoms with van der Waals surface area (Å²) in [7, 11) is 0.642. The number of hydrogen-bond donors (Lipinski definition) is 0. The van der Waals surface area contributed by atoms with Gasteiger partial charge >= 0.3 is 0 Å². The summed E-state index contributed by atoms with van der Waals surface area (Å²) < 4.78 is 56.2. The molecule has 1 aromatic carbocycles. The predicted molar refractivity (Wildman–Crippen MR) is 71.6 cm³/mol. The Kier molecular flexibility index (Phi) is 4.48. The van der Waals surface area contributed by atoms with E-state index >= 15 is 0 Å². The average molecular weight is 337 g/mol. The lowest BCUT2D eigenvalue weighted by atomic mass is 10.3. The molecule has 0 fully saturated rings. The maximum Gasteiger partial charge on any atom is 0.264 e. The van der Waals surface area contributed by atoms with Gasteiger partial charge in [-0.2, -0.15) is 9.49 Å². The van der Waals surface area contributed by atoms with Gasteiger partial charge in [-0.15, -0.1) is 0 Å². The molecule has 21 heavy (non-hydrogen) atoms. The second-order valence-electron chi connectivity index (χ2n) is 4.12. The highest BCUT2D eigenvalue weighted by Crippen LogP contribution is 2.28. The molecule has 0 aliphatic carbocycles. The first kappa shape index (κ1) is 15.7. The maximum atomic E-state index is 13.7. The smallest absolute Gasteiger partial charge is 0.264 e. The van der Waals surface area contributed by atoms with Gasteiger partial charge in [-0.25, -0.2) is 12.8 Å². The molecule has 0 amide bonds. The van der Waals surface area contributed by atoms with E-state index in [9.17, 15) is 17.2 Å². The zero-order valence-corrected chi connectivity index (χ0v) is 12.5. The Hall–Kier alpha value is -1.67. The van der Waals surface area contributed by atoms with Gasteiger partial charge in [0.2, 0.25) is 5.82 Å². The quantitative estimate of drug-likeness (QED) is 0.788. The Morgan fingerprint density at radius 2 is 2.05 bits per heavy atom. The van der Waals surface area contributed by atoms with Gasteiger partial charge in [0, 0.05) is 29.0 Å². The molecule has 9 heteroatoms. The number of nitrogens with zero attached hydrogens (tertiary/aromatic N) is 2. The summed E-state index contributed by atoms with van der Waals surface area (Å²) in [6.07, 6.45) is 3.24. The van der Waals surface area contributed by atoms with Crippen molar-refractivity contribution in [2.45, 2.75) is 25.0 Å². The minimum atomic E-state index is -4.35. The number of benzene rings is 1. The van der Waals surface area contributed by atoms with Crippen molar-refractivity contribution < 1.29 is 21.9 Å². The van der Waals surface area contributed by atoms with Crippen molar-refractivity contribution >= 4 is 19.7 Å². The number of aromatic nitrogens is 2. The molecular formula is C12H11ClF2N2O3S. The van der Waals surface area contributed by atoms with Crippen LogP contribution in [0, 0.1) is 11.6 Å². The Labute approximate surface area is 124 Å². The minimum Gasteiger partial charge on any atom is -0.486 e. The van der Waals surface area contributed by atoms with E-state index in [1.54, 1.807) is 10.9 Å². The number of hydrogen-bond acceptors (Lipinski definition) is 4. The fourth-order valence-electron chi connectivity index (χ4n) is 1.63. The second-order valence-corrected chi connectivity index (χ2v) is 6.65. The average Bonchev–Trinajstić information content (AvgIpc) is 2.87. The van der Waals surface area contributed by atoms with Crippen molar-refractivity contribution in [3.8, 4) is 5.75 Å².